The Morgan fingerprint density at radius 1 is 1.00 bits per heavy atom. The van der Waals surface area contributed by atoms with E-state index in [9.17, 15) is 0 Å². The second-order valence-corrected chi connectivity index (χ2v) is 6.43. The lowest BCUT2D eigenvalue weighted by Crippen LogP contribution is -2.25. The Hall–Kier alpha value is -2.78. The minimum atomic E-state index is -0.0511. The highest BCUT2D eigenvalue weighted by molar-refractivity contribution is 5.77. The van der Waals surface area contributed by atoms with Crippen LogP contribution in [0.5, 0.6) is 5.75 Å². The molecule has 0 saturated heterocycles. The lowest BCUT2D eigenvalue weighted by atomic mass is 9.87. The Labute approximate surface area is 146 Å². The van der Waals surface area contributed by atoms with E-state index in [-0.39, 0.29) is 12.2 Å². The minimum Gasteiger partial charge on any atom is -0.497 e. The minimum absolute atomic E-state index is 0.0152. The molecule has 0 bridgehead atoms. The van der Waals surface area contributed by atoms with Gasteiger partial charge in [-0.25, -0.2) is 0 Å². The van der Waals surface area contributed by atoms with Gasteiger partial charge in [0.15, 0.2) is 0 Å². The van der Waals surface area contributed by atoms with Crippen LogP contribution in [0.15, 0.2) is 89.3 Å². The van der Waals surface area contributed by atoms with Gasteiger partial charge in [0.2, 0.25) is 0 Å². The number of rotatable bonds is 2. The summed E-state index contributed by atoms with van der Waals surface area (Å²) < 4.78 is 17.5. The first-order valence-corrected chi connectivity index (χ1v) is 8.48. The van der Waals surface area contributed by atoms with Crippen molar-refractivity contribution in [2.45, 2.75) is 12.2 Å². The first-order chi connectivity index (χ1) is 12.3. The molecule has 0 fully saturated rings. The van der Waals surface area contributed by atoms with Gasteiger partial charge in [0.05, 0.1) is 13.7 Å². The molecule has 3 nitrogen and oxygen atoms in total. The summed E-state index contributed by atoms with van der Waals surface area (Å²) in [6, 6.07) is 8.15. The third-order valence-corrected chi connectivity index (χ3v) is 5.04. The summed E-state index contributed by atoms with van der Waals surface area (Å²) >= 11 is 0. The first kappa shape index (κ1) is 14.6. The van der Waals surface area contributed by atoms with Crippen molar-refractivity contribution >= 4 is 5.57 Å². The Kier molecular flexibility index (Phi) is 3.28. The van der Waals surface area contributed by atoms with E-state index in [1.54, 1.807) is 7.11 Å². The van der Waals surface area contributed by atoms with E-state index >= 15 is 0 Å². The molecule has 2 atom stereocenters. The fraction of sp³-hybridized carbons (Fsp3) is 0.182. The van der Waals surface area contributed by atoms with Crippen LogP contribution in [0.1, 0.15) is 5.56 Å². The maximum absolute atomic E-state index is 6.15. The van der Waals surface area contributed by atoms with E-state index in [0.717, 1.165) is 17.1 Å². The SMILES string of the molecule is COc1ccc(C2=C3C=CC4=C(C=C5C=CC=CC5O4)C3OC2)cc1. The van der Waals surface area contributed by atoms with Crippen LogP contribution in [0.2, 0.25) is 0 Å². The second-order valence-electron chi connectivity index (χ2n) is 6.43. The van der Waals surface area contributed by atoms with E-state index in [1.165, 1.54) is 22.3 Å². The van der Waals surface area contributed by atoms with Gasteiger partial charge < -0.3 is 14.2 Å². The van der Waals surface area contributed by atoms with Crippen molar-refractivity contribution in [2.24, 2.45) is 0 Å². The number of methoxy groups -OCH3 is 1. The quantitative estimate of drug-likeness (QED) is 0.816. The van der Waals surface area contributed by atoms with Crippen LogP contribution in [0, 0.1) is 0 Å². The molecule has 0 aromatic heterocycles. The molecule has 3 heteroatoms. The van der Waals surface area contributed by atoms with Gasteiger partial charge in [-0.05, 0) is 52.6 Å². The third kappa shape index (κ3) is 2.31. The molecule has 0 N–H and O–H groups in total. The normalized spacial score (nSPS) is 26.0. The number of ether oxygens (including phenoxy) is 3. The van der Waals surface area contributed by atoms with Crippen LogP contribution in [-0.4, -0.2) is 25.9 Å². The summed E-state index contributed by atoms with van der Waals surface area (Å²) in [4.78, 5) is 0. The van der Waals surface area contributed by atoms with Gasteiger partial charge in [0, 0.05) is 5.57 Å². The Morgan fingerprint density at radius 3 is 2.72 bits per heavy atom. The summed E-state index contributed by atoms with van der Waals surface area (Å²) in [6.45, 7) is 0.607. The predicted molar refractivity (Wildman–Crippen MR) is 97.1 cm³/mol. The zero-order valence-corrected chi connectivity index (χ0v) is 13.9. The Balaban J connectivity index is 1.52. The van der Waals surface area contributed by atoms with Gasteiger partial charge in [-0.2, -0.15) is 0 Å². The molecule has 2 heterocycles. The van der Waals surface area contributed by atoms with Crippen LogP contribution in [0.3, 0.4) is 0 Å². The van der Waals surface area contributed by atoms with E-state index in [4.69, 9.17) is 14.2 Å². The molecule has 0 amide bonds. The maximum Gasteiger partial charge on any atom is 0.142 e. The highest BCUT2D eigenvalue weighted by Crippen LogP contribution is 2.41. The molecular formula is C22H18O3. The van der Waals surface area contributed by atoms with E-state index < -0.39 is 0 Å². The number of benzene rings is 1. The molecule has 1 aromatic rings. The lowest BCUT2D eigenvalue weighted by molar-refractivity contribution is 0.133. The third-order valence-electron chi connectivity index (χ3n) is 5.04. The van der Waals surface area contributed by atoms with Gasteiger partial charge in [-0.1, -0.05) is 36.4 Å². The maximum atomic E-state index is 6.15. The number of allylic oxidation sites excluding steroid dienone is 3. The Morgan fingerprint density at radius 2 is 1.88 bits per heavy atom. The monoisotopic (exact) mass is 330 g/mol. The van der Waals surface area contributed by atoms with E-state index in [2.05, 4.69) is 42.5 Å². The largest absolute Gasteiger partial charge is 0.497 e. The molecule has 2 unspecified atom stereocenters. The molecule has 2 aliphatic carbocycles. The molecule has 124 valence electrons. The molecule has 1 aromatic carbocycles. The number of fused-ring (bicyclic) bond motifs is 3. The number of hydrogen-bond acceptors (Lipinski definition) is 3. The highest BCUT2D eigenvalue weighted by Gasteiger charge is 2.35. The Bertz CT molecular complexity index is 907. The van der Waals surface area contributed by atoms with Crippen LogP contribution in [0.4, 0.5) is 0 Å². The second kappa shape index (κ2) is 5.64. The van der Waals surface area contributed by atoms with Crippen LogP contribution in [0.25, 0.3) is 5.57 Å². The van der Waals surface area contributed by atoms with Crippen LogP contribution in [-0.2, 0) is 9.47 Å². The van der Waals surface area contributed by atoms with Gasteiger partial charge in [-0.15, -0.1) is 0 Å². The standard InChI is InChI=1S/C22H18O3/c1-23-16-8-6-14(7-9-16)19-13-24-22-17(19)10-11-21-18(22)12-15-4-2-3-5-20(15)25-21/h2-12,20,22H,13H2,1H3. The zero-order valence-electron chi connectivity index (χ0n) is 13.9. The summed E-state index contributed by atoms with van der Waals surface area (Å²) in [7, 11) is 1.68. The van der Waals surface area contributed by atoms with Crippen LogP contribution < -0.4 is 4.74 Å². The molecule has 5 rings (SSSR count). The van der Waals surface area contributed by atoms with E-state index in [1.807, 2.05) is 24.3 Å². The summed E-state index contributed by atoms with van der Waals surface area (Å²) in [6.07, 6.45) is 14.6. The average Bonchev–Trinajstić information content (AvgIpc) is 3.11. The lowest BCUT2D eigenvalue weighted by Gasteiger charge is -2.30. The highest BCUT2D eigenvalue weighted by atomic mass is 16.5. The smallest absolute Gasteiger partial charge is 0.142 e. The predicted octanol–water partition coefficient (Wildman–Crippen LogP) is 4.12. The fourth-order valence-electron chi connectivity index (χ4n) is 3.72. The average molecular weight is 330 g/mol. The van der Waals surface area contributed by atoms with Crippen molar-refractivity contribution < 1.29 is 14.2 Å². The van der Waals surface area contributed by atoms with Crippen LogP contribution >= 0.6 is 0 Å². The molecule has 0 radical (unpaired) electrons. The van der Waals surface area contributed by atoms with Crippen molar-refractivity contribution in [3.63, 3.8) is 0 Å². The molecule has 25 heavy (non-hydrogen) atoms. The zero-order chi connectivity index (χ0) is 16.8. The van der Waals surface area contributed by atoms with Crippen molar-refractivity contribution in [3.8, 4) is 5.75 Å². The molecule has 0 saturated carbocycles. The number of hydrogen-bond donors (Lipinski definition) is 0. The molecule has 4 aliphatic rings. The summed E-state index contributed by atoms with van der Waals surface area (Å²) in [5, 5.41) is 0. The van der Waals surface area contributed by atoms with E-state index in [0.29, 0.717) is 6.61 Å². The molecule has 0 spiro atoms. The van der Waals surface area contributed by atoms with Crippen molar-refractivity contribution in [1.29, 1.82) is 0 Å². The summed E-state index contributed by atoms with van der Waals surface area (Å²) in [5.41, 5.74) is 5.92. The van der Waals surface area contributed by atoms with Gasteiger partial charge in [0.25, 0.3) is 0 Å². The fourth-order valence-corrected chi connectivity index (χ4v) is 3.72. The first-order valence-electron chi connectivity index (χ1n) is 8.48. The van der Waals surface area contributed by atoms with Gasteiger partial charge in [0.1, 0.15) is 23.7 Å². The van der Waals surface area contributed by atoms with Gasteiger partial charge >= 0.3 is 0 Å². The molecular weight excluding hydrogens is 312 g/mol. The van der Waals surface area contributed by atoms with Crippen molar-refractivity contribution in [2.75, 3.05) is 13.7 Å². The summed E-state index contributed by atoms with van der Waals surface area (Å²) in [5.74, 6) is 1.78. The van der Waals surface area contributed by atoms with Crippen molar-refractivity contribution in [1.82, 2.24) is 0 Å². The topological polar surface area (TPSA) is 27.7 Å². The van der Waals surface area contributed by atoms with Gasteiger partial charge in [-0.3, -0.25) is 0 Å². The molecule has 2 aliphatic heterocycles. The van der Waals surface area contributed by atoms with Crippen molar-refractivity contribution in [3.05, 3.63) is 94.8 Å².